The van der Waals surface area contributed by atoms with E-state index in [1.807, 2.05) is 13.8 Å². The lowest BCUT2D eigenvalue weighted by molar-refractivity contribution is -0.305. The first kappa shape index (κ1) is 29.9. The van der Waals surface area contributed by atoms with E-state index in [0.717, 1.165) is 0 Å². The third-order valence-electron chi connectivity index (χ3n) is 3.80. The standard InChI is InChI=1S/C18H8ClF8NO5.C2H6/c1-2-7-5-8(16(22,23)24)6-9(17(25,26)27)14(7)33-15(29)28(18(30,31)32)11-4-3-10(20)12(19)13(11)21;1-2/h1,3-6,30-32H;1-2H3. The summed E-state index contributed by atoms with van der Waals surface area (Å²) in [5.74, 6) is -3.58. The molecular formula is C20H14ClF8NO5. The van der Waals surface area contributed by atoms with Gasteiger partial charge in [0.2, 0.25) is 0 Å². The molecule has 0 unspecified atom stereocenters. The van der Waals surface area contributed by atoms with Crippen molar-refractivity contribution in [1.29, 1.82) is 0 Å². The second-order valence-corrected chi connectivity index (χ2v) is 6.42. The number of terminal acetylenes is 1. The number of benzene rings is 2. The van der Waals surface area contributed by atoms with E-state index in [-0.39, 0.29) is 6.07 Å². The van der Waals surface area contributed by atoms with Crippen molar-refractivity contribution in [2.75, 3.05) is 4.90 Å². The number of nitrogens with zero attached hydrogens (tertiary/aromatic N) is 1. The van der Waals surface area contributed by atoms with E-state index >= 15 is 0 Å². The molecule has 0 atom stereocenters. The van der Waals surface area contributed by atoms with Gasteiger partial charge in [0.1, 0.15) is 16.4 Å². The predicted octanol–water partition coefficient (Wildman–Crippen LogP) is 5.26. The number of carbonyl (C=O) groups excluding carboxylic acids is 1. The smallest absolute Gasteiger partial charge is 0.408 e. The Morgan fingerprint density at radius 1 is 1.03 bits per heavy atom. The number of hydrogen-bond donors (Lipinski definition) is 3. The molecule has 3 N–H and O–H groups in total. The summed E-state index contributed by atoms with van der Waals surface area (Å²) in [6.45, 7) is 4.00. The zero-order valence-corrected chi connectivity index (χ0v) is 18.1. The van der Waals surface area contributed by atoms with E-state index in [4.69, 9.17) is 18.0 Å². The summed E-state index contributed by atoms with van der Waals surface area (Å²) in [6, 6.07) is 0.252. The molecule has 35 heavy (non-hydrogen) atoms. The van der Waals surface area contributed by atoms with E-state index in [0.29, 0.717) is 12.1 Å². The van der Waals surface area contributed by atoms with Gasteiger partial charge >= 0.3 is 24.5 Å². The van der Waals surface area contributed by atoms with Gasteiger partial charge in [0.15, 0.2) is 11.6 Å². The first-order valence-electron chi connectivity index (χ1n) is 9.01. The lowest BCUT2D eigenvalue weighted by atomic mass is 10.0. The van der Waals surface area contributed by atoms with Crippen LogP contribution in [0.4, 0.5) is 45.6 Å². The summed E-state index contributed by atoms with van der Waals surface area (Å²) in [4.78, 5) is 11.6. The van der Waals surface area contributed by atoms with Gasteiger partial charge in [0.05, 0.1) is 16.8 Å². The number of ether oxygens (including phenoxy) is 1. The number of halogens is 9. The van der Waals surface area contributed by atoms with E-state index in [9.17, 15) is 55.2 Å². The molecule has 15 heteroatoms. The molecule has 0 spiro atoms. The van der Waals surface area contributed by atoms with Crippen molar-refractivity contribution in [3.63, 3.8) is 0 Å². The predicted molar refractivity (Wildman–Crippen MR) is 105 cm³/mol. The van der Waals surface area contributed by atoms with Crippen molar-refractivity contribution < 1.29 is 60.0 Å². The van der Waals surface area contributed by atoms with E-state index < -0.39 is 80.3 Å². The number of carbonyl (C=O) groups is 1. The Hall–Kier alpha value is -3.12. The maximum atomic E-state index is 14.2. The Balaban J connectivity index is 0.00000298. The van der Waals surface area contributed by atoms with Crippen LogP contribution in [0.3, 0.4) is 0 Å². The van der Waals surface area contributed by atoms with Crippen molar-refractivity contribution in [2.45, 2.75) is 32.3 Å². The Bertz CT molecular complexity index is 1140. The van der Waals surface area contributed by atoms with Gasteiger partial charge in [-0.2, -0.15) is 31.2 Å². The van der Waals surface area contributed by atoms with Crippen molar-refractivity contribution in [3.05, 3.63) is 57.6 Å². The van der Waals surface area contributed by atoms with Crippen LogP contribution in [-0.2, 0) is 12.4 Å². The molecule has 0 heterocycles. The van der Waals surface area contributed by atoms with Crippen molar-refractivity contribution >= 4 is 23.4 Å². The van der Waals surface area contributed by atoms with Crippen LogP contribution in [-0.4, -0.2) is 27.5 Å². The third-order valence-corrected chi connectivity index (χ3v) is 4.15. The minimum absolute atomic E-state index is 0.0155. The number of hydrogen-bond acceptors (Lipinski definition) is 5. The van der Waals surface area contributed by atoms with Gasteiger partial charge in [-0.3, -0.25) is 0 Å². The zero-order valence-electron chi connectivity index (χ0n) is 17.4. The lowest BCUT2D eigenvalue weighted by Gasteiger charge is -2.30. The molecule has 0 aromatic heterocycles. The molecule has 2 rings (SSSR count). The van der Waals surface area contributed by atoms with Gasteiger partial charge in [-0.25, -0.2) is 13.6 Å². The van der Waals surface area contributed by atoms with Gasteiger partial charge in [-0.15, -0.1) is 6.42 Å². The highest BCUT2D eigenvalue weighted by Crippen LogP contribution is 2.43. The van der Waals surface area contributed by atoms with Crippen molar-refractivity contribution in [3.8, 4) is 18.1 Å². The average Bonchev–Trinajstić information content (AvgIpc) is 2.73. The highest BCUT2D eigenvalue weighted by atomic mass is 35.5. The minimum Gasteiger partial charge on any atom is -0.408 e. The molecule has 6 nitrogen and oxygen atoms in total. The number of amides is 1. The van der Waals surface area contributed by atoms with Crippen LogP contribution < -0.4 is 9.64 Å². The van der Waals surface area contributed by atoms with Gasteiger partial charge in [-0.1, -0.05) is 31.4 Å². The summed E-state index contributed by atoms with van der Waals surface area (Å²) in [6.07, 6.45) is -12.7. The molecule has 0 fully saturated rings. The molecule has 1 amide bonds. The zero-order chi connectivity index (χ0) is 27.5. The maximum absolute atomic E-state index is 14.2. The van der Waals surface area contributed by atoms with Gasteiger partial charge < -0.3 is 20.1 Å². The van der Waals surface area contributed by atoms with Crippen LogP contribution in [0.2, 0.25) is 5.02 Å². The first-order chi connectivity index (χ1) is 15.9. The SMILES string of the molecule is C#Cc1cc(C(F)(F)F)cc(C(F)(F)F)c1OC(=O)N(c1ccc(F)c(Cl)c1F)C(O)(O)O.CC. The second-order valence-electron chi connectivity index (χ2n) is 6.04. The fourth-order valence-corrected chi connectivity index (χ4v) is 2.58. The maximum Gasteiger partial charge on any atom is 0.426 e. The Kier molecular flexibility index (Phi) is 9.10. The van der Waals surface area contributed by atoms with Crippen LogP contribution in [0.15, 0.2) is 24.3 Å². The summed E-state index contributed by atoms with van der Waals surface area (Å²) >= 11 is 5.28. The fraction of sp³-hybridized carbons (Fsp3) is 0.250. The number of anilines is 1. The average molecular weight is 536 g/mol. The van der Waals surface area contributed by atoms with E-state index in [1.165, 1.54) is 5.92 Å². The molecule has 0 aliphatic rings. The molecule has 0 radical (unpaired) electrons. The minimum atomic E-state index is -5.59. The van der Waals surface area contributed by atoms with Gasteiger partial charge in [0, 0.05) is 0 Å². The van der Waals surface area contributed by atoms with Crippen molar-refractivity contribution in [1.82, 2.24) is 0 Å². The molecular weight excluding hydrogens is 522 g/mol. The fourth-order valence-electron chi connectivity index (χ4n) is 2.42. The van der Waals surface area contributed by atoms with Crippen molar-refractivity contribution in [2.24, 2.45) is 0 Å². The highest BCUT2D eigenvalue weighted by molar-refractivity contribution is 6.31. The van der Waals surface area contributed by atoms with Crippen LogP contribution in [0.5, 0.6) is 5.75 Å². The first-order valence-corrected chi connectivity index (χ1v) is 9.39. The largest absolute Gasteiger partial charge is 0.426 e. The lowest BCUT2D eigenvalue weighted by Crippen LogP contribution is -2.54. The summed E-state index contributed by atoms with van der Waals surface area (Å²) in [7, 11) is 0. The molecule has 192 valence electrons. The third kappa shape index (κ3) is 6.73. The van der Waals surface area contributed by atoms with Gasteiger partial charge in [0.25, 0.3) is 0 Å². The highest BCUT2D eigenvalue weighted by Gasteiger charge is 2.44. The van der Waals surface area contributed by atoms with Crippen LogP contribution in [0.25, 0.3) is 0 Å². The molecule has 2 aromatic rings. The summed E-state index contributed by atoms with van der Waals surface area (Å²) in [5.41, 5.74) is -6.74. The molecule has 0 saturated heterocycles. The Labute approximate surface area is 196 Å². The van der Waals surface area contributed by atoms with E-state index in [2.05, 4.69) is 4.74 Å². The summed E-state index contributed by atoms with van der Waals surface area (Å²) in [5, 5.41) is 26.8. The molecule has 2 aromatic carbocycles. The van der Waals surface area contributed by atoms with Crippen LogP contribution in [0.1, 0.15) is 30.5 Å². The Morgan fingerprint density at radius 3 is 2.00 bits per heavy atom. The normalized spacial score (nSPS) is 11.8. The molecule has 0 aliphatic carbocycles. The number of alkyl halides is 6. The monoisotopic (exact) mass is 535 g/mol. The topological polar surface area (TPSA) is 90.2 Å². The summed E-state index contributed by atoms with van der Waals surface area (Å²) < 4.78 is 111. The quantitative estimate of drug-likeness (QED) is 0.216. The molecule has 0 bridgehead atoms. The van der Waals surface area contributed by atoms with E-state index in [1.54, 1.807) is 0 Å². The van der Waals surface area contributed by atoms with Crippen LogP contribution in [0, 0.1) is 24.0 Å². The Morgan fingerprint density at radius 2 is 1.57 bits per heavy atom. The van der Waals surface area contributed by atoms with Crippen LogP contribution >= 0.6 is 11.6 Å². The second kappa shape index (κ2) is 10.6. The van der Waals surface area contributed by atoms with Gasteiger partial charge in [-0.05, 0) is 24.3 Å². The molecule has 0 saturated carbocycles. The number of rotatable bonds is 3. The number of aliphatic hydroxyl groups is 3. The molecule has 0 aliphatic heterocycles.